The molecule has 4 rings (SSSR count). The van der Waals surface area contributed by atoms with Gasteiger partial charge in [-0.05, 0) is 28.8 Å². The maximum Gasteiger partial charge on any atom is 0.176 e. The van der Waals surface area contributed by atoms with Crippen molar-refractivity contribution in [1.82, 2.24) is 4.90 Å². The molecular weight excluding hydrogens is 446 g/mol. The maximum absolute atomic E-state index is 13.2. The van der Waals surface area contributed by atoms with Crippen LogP contribution in [0, 0.1) is 0 Å². The third-order valence-corrected chi connectivity index (χ3v) is 5.83. The number of rotatable bonds is 14. The van der Waals surface area contributed by atoms with Crippen LogP contribution < -0.4 is 4.74 Å². The maximum atomic E-state index is 13.2. The Morgan fingerprint density at radius 3 is 1.83 bits per heavy atom. The number of hydrogen-bond acceptors (Lipinski definition) is 4. The molecule has 4 nitrogen and oxygen atoms in total. The summed E-state index contributed by atoms with van der Waals surface area (Å²) >= 11 is 0. The molecule has 4 heteroatoms. The fourth-order valence-electron chi connectivity index (χ4n) is 4.02. The molecule has 0 amide bonds. The number of ether oxygens (including phenoxy) is 2. The van der Waals surface area contributed by atoms with Crippen molar-refractivity contribution in [3.8, 4) is 5.75 Å². The second-order valence-electron chi connectivity index (χ2n) is 8.81. The molecule has 0 radical (unpaired) electrons. The van der Waals surface area contributed by atoms with Crippen molar-refractivity contribution >= 4 is 5.78 Å². The van der Waals surface area contributed by atoms with Crippen molar-refractivity contribution in [2.75, 3.05) is 19.8 Å². The smallest absolute Gasteiger partial charge is 0.176 e. The van der Waals surface area contributed by atoms with E-state index in [2.05, 4.69) is 41.3 Å². The number of nitrogens with zero attached hydrogens (tertiary/aromatic N) is 1. The van der Waals surface area contributed by atoms with Crippen LogP contribution in [0.2, 0.25) is 0 Å². The molecular formula is C32H33NO3. The summed E-state index contributed by atoms with van der Waals surface area (Å²) < 4.78 is 11.6. The van der Waals surface area contributed by atoms with Crippen LogP contribution in [0.4, 0.5) is 0 Å². The number of hydrogen-bond donors (Lipinski definition) is 0. The van der Waals surface area contributed by atoms with Crippen molar-refractivity contribution in [3.05, 3.63) is 138 Å². The average Bonchev–Trinajstić information content (AvgIpc) is 2.92. The summed E-state index contributed by atoms with van der Waals surface area (Å²) in [6.07, 6.45) is 0.785. The van der Waals surface area contributed by atoms with Gasteiger partial charge >= 0.3 is 0 Å². The minimum Gasteiger partial charge on any atom is -0.493 e. The van der Waals surface area contributed by atoms with Gasteiger partial charge in [-0.2, -0.15) is 0 Å². The van der Waals surface area contributed by atoms with Gasteiger partial charge < -0.3 is 9.47 Å². The Bertz CT molecular complexity index is 1140. The fraction of sp³-hybridized carbons (Fsp3) is 0.219. The number of benzene rings is 4. The molecule has 184 valence electrons. The van der Waals surface area contributed by atoms with Gasteiger partial charge in [0.25, 0.3) is 0 Å². The van der Waals surface area contributed by atoms with Crippen LogP contribution in [-0.4, -0.2) is 30.4 Å². The molecule has 0 spiro atoms. The zero-order valence-corrected chi connectivity index (χ0v) is 20.6. The lowest BCUT2D eigenvalue weighted by molar-refractivity contribution is 0.0919. The van der Waals surface area contributed by atoms with Crippen molar-refractivity contribution < 1.29 is 14.3 Å². The van der Waals surface area contributed by atoms with Crippen LogP contribution >= 0.6 is 0 Å². The Hall–Kier alpha value is -3.73. The van der Waals surface area contributed by atoms with Gasteiger partial charge in [0, 0.05) is 25.1 Å². The van der Waals surface area contributed by atoms with Gasteiger partial charge in [-0.25, -0.2) is 0 Å². The van der Waals surface area contributed by atoms with E-state index in [1.807, 2.05) is 78.9 Å². The third kappa shape index (κ3) is 8.49. The van der Waals surface area contributed by atoms with Crippen LogP contribution in [0.5, 0.6) is 5.75 Å². The fourth-order valence-corrected chi connectivity index (χ4v) is 4.02. The predicted octanol–water partition coefficient (Wildman–Crippen LogP) is 6.56. The lowest BCUT2D eigenvalue weighted by Crippen LogP contribution is -2.29. The second-order valence-corrected chi connectivity index (χ2v) is 8.81. The predicted molar refractivity (Wildman–Crippen MR) is 144 cm³/mol. The summed E-state index contributed by atoms with van der Waals surface area (Å²) in [5, 5.41) is 0. The monoisotopic (exact) mass is 479 g/mol. The Labute approximate surface area is 214 Å². The molecule has 4 aromatic carbocycles. The van der Waals surface area contributed by atoms with Crippen LogP contribution in [-0.2, 0) is 24.4 Å². The van der Waals surface area contributed by atoms with Gasteiger partial charge in [-0.3, -0.25) is 9.69 Å². The standard InChI is InChI=1S/C32H33NO3/c34-32(25-33(23-27-12-4-1-5-13-27)24-28-14-6-2-7-15-28)30-18-10-19-31(22-30)36-21-11-20-35-26-29-16-8-3-9-17-29/h1-10,12-19,22H,11,20-21,23-26H2. The molecule has 0 unspecified atom stereocenters. The van der Waals surface area contributed by atoms with Gasteiger partial charge in [0.1, 0.15) is 5.75 Å². The Kier molecular flexibility index (Phi) is 9.85. The highest BCUT2D eigenvalue weighted by Gasteiger charge is 2.15. The lowest BCUT2D eigenvalue weighted by Gasteiger charge is -2.22. The van der Waals surface area contributed by atoms with E-state index in [4.69, 9.17) is 9.47 Å². The van der Waals surface area contributed by atoms with Crippen LogP contribution in [0.15, 0.2) is 115 Å². The third-order valence-electron chi connectivity index (χ3n) is 5.83. The number of ketones is 1. The van der Waals surface area contributed by atoms with E-state index in [0.717, 1.165) is 6.42 Å². The number of Topliss-reactive ketones (excluding diaryl/α,β-unsaturated/α-hetero) is 1. The highest BCUT2D eigenvalue weighted by molar-refractivity contribution is 5.97. The molecule has 0 N–H and O–H groups in total. The minimum absolute atomic E-state index is 0.0820. The SMILES string of the molecule is O=C(CN(Cc1ccccc1)Cc1ccccc1)c1cccc(OCCCOCc2ccccc2)c1. The van der Waals surface area contributed by atoms with Crippen LogP contribution in [0.25, 0.3) is 0 Å². The molecule has 0 saturated carbocycles. The van der Waals surface area contributed by atoms with Crippen LogP contribution in [0.3, 0.4) is 0 Å². The molecule has 0 aliphatic rings. The molecule has 0 aliphatic carbocycles. The van der Waals surface area contributed by atoms with Crippen LogP contribution in [0.1, 0.15) is 33.5 Å². The van der Waals surface area contributed by atoms with Gasteiger partial charge in [-0.1, -0.05) is 103 Å². The van der Waals surface area contributed by atoms with Gasteiger partial charge in [0.05, 0.1) is 26.4 Å². The topological polar surface area (TPSA) is 38.8 Å². The molecule has 0 heterocycles. The second kappa shape index (κ2) is 14.0. The number of carbonyl (C=O) groups excluding carboxylic acids is 1. The lowest BCUT2D eigenvalue weighted by atomic mass is 10.1. The molecule has 0 saturated heterocycles. The zero-order chi connectivity index (χ0) is 24.8. The quantitative estimate of drug-likeness (QED) is 0.152. The number of carbonyl (C=O) groups is 1. The Morgan fingerprint density at radius 1 is 0.639 bits per heavy atom. The van der Waals surface area contributed by atoms with E-state index in [9.17, 15) is 4.79 Å². The first-order valence-corrected chi connectivity index (χ1v) is 12.4. The van der Waals surface area contributed by atoms with Crippen molar-refractivity contribution in [1.29, 1.82) is 0 Å². The highest BCUT2D eigenvalue weighted by atomic mass is 16.5. The summed E-state index contributed by atoms with van der Waals surface area (Å²) in [7, 11) is 0. The summed E-state index contributed by atoms with van der Waals surface area (Å²) in [6.45, 7) is 3.52. The molecule has 0 bridgehead atoms. The summed E-state index contributed by atoms with van der Waals surface area (Å²) in [5.41, 5.74) is 4.21. The van der Waals surface area contributed by atoms with Gasteiger partial charge in [-0.15, -0.1) is 0 Å². The van der Waals surface area contributed by atoms with E-state index in [1.54, 1.807) is 0 Å². The van der Waals surface area contributed by atoms with E-state index < -0.39 is 0 Å². The van der Waals surface area contributed by atoms with E-state index >= 15 is 0 Å². The normalized spacial score (nSPS) is 10.9. The largest absolute Gasteiger partial charge is 0.493 e. The summed E-state index contributed by atoms with van der Waals surface area (Å²) in [5.74, 6) is 0.792. The Balaban J connectivity index is 1.29. The summed E-state index contributed by atoms with van der Waals surface area (Å²) in [6, 6.07) is 38.2. The first kappa shape index (κ1) is 25.4. The van der Waals surface area contributed by atoms with Crippen molar-refractivity contribution in [2.45, 2.75) is 26.1 Å². The Morgan fingerprint density at radius 2 is 1.22 bits per heavy atom. The molecule has 0 fully saturated rings. The first-order valence-electron chi connectivity index (χ1n) is 12.4. The minimum atomic E-state index is 0.0820. The van der Waals surface area contributed by atoms with Crippen molar-refractivity contribution in [3.63, 3.8) is 0 Å². The van der Waals surface area contributed by atoms with Gasteiger partial charge in [0.2, 0.25) is 0 Å². The summed E-state index contributed by atoms with van der Waals surface area (Å²) in [4.78, 5) is 15.4. The molecule has 4 aromatic rings. The molecule has 0 aromatic heterocycles. The zero-order valence-electron chi connectivity index (χ0n) is 20.6. The first-order chi connectivity index (χ1) is 17.8. The van der Waals surface area contributed by atoms with Crippen molar-refractivity contribution in [2.24, 2.45) is 0 Å². The average molecular weight is 480 g/mol. The molecule has 36 heavy (non-hydrogen) atoms. The van der Waals surface area contributed by atoms with Gasteiger partial charge in [0.15, 0.2) is 5.78 Å². The van der Waals surface area contributed by atoms with E-state index in [-0.39, 0.29) is 5.78 Å². The van der Waals surface area contributed by atoms with E-state index in [1.165, 1.54) is 16.7 Å². The highest BCUT2D eigenvalue weighted by Crippen LogP contribution is 2.16. The molecule has 0 aliphatic heterocycles. The van der Waals surface area contributed by atoms with E-state index in [0.29, 0.717) is 50.8 Å². The molecule has 0 atom stereocenters.